The van der Waals surface area contributed by atoms with Crippen molar-refractivity contribution in [1.82, 2.24) is 25.6 Å². The summed E-state index contributed by atoms with van der Waals surface area (Å²) in [5.41, 5.74) is 15.9. The van der Waals surface area contributed by atoms with E-state index in [2.05, 4.69) is 26.4 Å². The second kappa shape index (κ2) is 9.08. The molecule has 2 atom stereocenters. The van der Waals surface area contributed by atoms with Crippen molar-refractivity contribution in [2.45, 2.75) is 10.9 Å². The summed E-state index contributed by atoms with van der Waals surface area (Å²) in [5, 5.41) is 14.1. The van der Waals surface area contributed by atoms with Gasteiger partial charge in [0.15, 0.2) is 5.56 Å². The Labute approximate surface area is 198 Å². The molecule has 0 spiro atoms. The maximum Gasteiger partial charge on any atom is 0.295 e. The number of anilines is 3. The molecule has 1 fully saturated rings. The first kappa shape index (κ1) is 21.8. The van der Waals surface area contributed by atoms with Gasteiger partial charge in [0.1, 0.15) is 11.6 Å². The van der Waals surface area contributed by atoms with Gasteiger partial charge in [-0.2, -0.15) is 0 Å². The molecule has 10 nitrogen and oxygen atoms in total. The first-order valence-electron chi connectivity index (χ1n) is 10.0. The molecule has 0 saturated carbocycles. The number of nitrogen functional groups attached to an aromatic ring is 1. The van der Waals surface area contributed by atoms with Crippen molar-refractivity contribution in [2.75, 3.05) is 32.4 Å². The second-order valence-corrected chi connectivity index (χ2v) is 9.21. The molecule has 0 radical (unpaired) electrons. The normalized spacial score (nSPS) is 18.0. The van der Waals surface area contributed by atoms with Crippen LogP contribution in [-0.2, 0) is 4.74 Å². The molecule has 3 heterocycles. The van der Waals surface area contributed by atoms with Crippen LogP contribution in [0.15, 0.2) is 42.5 Å². The number of hydrogen-bond donors (Lipinski definition) is 4. The number of thioether (sulfide) groups is 1. The number of rotatable bonds is 7. The number of ether oxygens (including phenoxy) is 3. The smallest absolute Gasteiger partial charge is 0.295 e. The first-order valence-corrected chi connectivity index (χ1v) is 11.8. The molecule has 0 aliphatic carbocycles. The quantitative estimate of drug-likeness (QED) is 0.289. The maximum absolute atomic E-state index is 6.28. The van der Waals surface area contributed by atoms with E-state index in [1.807, 2.05) is 47.0 Å². The molecular weight excluding hydrogens is 462 g/mol. The molecule has 4 aromatic rings. The predicted octanol–water partition coefficient (Wildman–Crippen LogP) is 3.59. The predicted molar refractivity (Wildman–Crippen MR) is 131 cm³/mol. The van der Waals surface area contributed by atoms with Crippen LogP contribution in [-0.4, -0.2) is 41.7 Å². The number of nitrogens with one attached hydrogen (secondary N) is 3. The fraction of sp³-hybridized carbons (Fsp3) is 0.238. The fourth-order valence-electron chi connectivity index (χ4n) is 3.71. The van der Waals surface area contributed by atoms with E-state index in [1.54, 1.807) is 33.1 Å². The van der Waals surface area contributed by atoms with Gasteiger partial charge in [0.05, 0.1) is 36.5 Å². The summed E-state index contributed by atoms with van der Waals surface area (Å²) in [5.74, 6) is 1.55. The molecule has 2 aromatic carbocycles. The van der Waals surface area contributed by atoms with Crippen molar-refractivity contribution in [1.29, 1.82) is 0 Å². The van der Waals surface area contributed by atoms with Crippen molar-refractivity contribution in [3.05, 3.63) is 48.0 Å². The topological polar surface area (TPSA) is 121 Å². The number of nitrogens with zero attached hydrogens (tertiary/aromatic N) is 3. The highest BCUT2D eigenvalue weighted by molar-refractivity contribution is 8.00. The van der Waals surface area contributed by atoms with E-state index in [0.29, 0.717) is 16.0 Å². The zero-order valence-corrected chi connectivity index (χ0v) is 19.8. The summed E-state index contributed by atoms with van der Waals surface area (Å²) in [7, 11) is 4.90. The second-order valence-electron chi connectivity index (χ2n) is 7.12. The van der Waals surface area contributed by atoms with Crippen molar-refractivity contribution >= 4 is 51.2 Å². The molecule has 5 rings (SSSR count). The number of aromatic nitrogens is 3. The van der Waals surface area contributed by atoms with Crippen molar-refractivity contribution in [2.24, 2.45) is 0 Å². The minimum atomic E-state index is -0.199. The van der Waals surface area contributed by atoms with Gasteiger partial charge in [0.2, 0.25) is 5.13 Å². The van der Waals surface area contributed by atoms with Gasteiger partial charge in [-0.25, -0.2) is 10.9 Å². The molecule has 172 valence electrons. The summed E-state index contributed by atoms with van der Waals surface area (Å²) in [6, 6.07) is 13.6. The standard InChI is InChI=1S/C21H23N7O3S2/c1-29-11-8-9-15-12(10-11)16(18-24-26-20(30-2)32-18)17(23-14-7-5-4-6-13(14)22)28(15)19-25-27-21(31-3)33-19/h4-10,18,20,23-24,26H,22H2,1-3H3. The highest BCUT2D eigenvalue weighted by atomic mass is 32.2. The van der Waals surface area contributed by atoms with E-state index < -0.39 is 0 Å². The van der Waals surface area contributed by atoms with Crippen molar-refractivity contribution in [3.63, 3.8) is 0 Å². The van der Waals surface area contributed by atoms with Crippen molar-refractivity contribution < 1.29 is 14.2 Å². The van der Waals surface area contributed by atoms with Crippen LogP contribution in [0.3, 0.4) is 0 Å². The van der Waals surface area contributed by atoms with Gasteiger partial charge in [-0.3, -0.25) is 4.57 Å². The Hall–Kier alpha value is -3.03. The number of hydrogen-bond acceptors (Lipinski definition) is 11. The molecule has 0 amide bonds. The molecule has 1 saturated heterocycles. The molecule has 1 aliphatic rings. The van der Waals surface area contributed by atoms with Crippen LogP contribution in [0.25, 0.3) is 16.0 Å². The minimum absolute atomic E-state index is 0.131. The van der Waals surface area contributed by atoms with Gasteiger partial charge in [-0.15, -0.1) is 5.10 Å². The van der Waals surface area contributed by atoms with Gasteiger partial charge >= 0.3 is 0 Å². The lowest BCUT2D eigenvalue weighted by molar-refractivity contribution is 0.141. The van der Waals surface area contributed by atoms with Gasteiger partial charge < -0.3 is 25.3 Å². The van der Waals surface area contributed by atoms with Crippen LogP contribution >= 0.6 is 23.1 Å². The van der Waals surface area contributed by atoms with E-state index in [9.17, 15) is 0 Å². The van der Waals surface area contributed by atoms with Crippen LogP contribution in [0.5, 0.6) is 10.9 Å². The SMILES string of the molecule is COc1ccc2c(c1)c(C1NNC(OC)S1)c(Nc1ccccc1N)n2-c1nnc(OC)s1. The number of methoxy groups -OCH3 is 3. The number of nitrogens with two attached hydrogens (primary N) is 1. The number of fused-ring (bicyclic) bond motifs is 1. The summed E-state index contributed by atoms with van der Waals surface area (Å²) >= 11 is 2.96. The third-order valence-corrected chi connectivity index (χ3v) is 7.31. The molecule has 2 unspecified atom stereocenters. The zero-order chi connectivity index (χ0) is 22.9. The molecule has 2 aromatic heterocycles. The Morgan fingerprint density at radius 1 is 1.06 bits per heavy atom. The maximum atomic E-state index is 6.28. The van der Waals surface area contributed by atoms with Crippen LogP contribution in [0.1, 0.15) is 10.9 Å². The Bertz CT molecular complexity index is 1290. The largest absolute Gasteiger partial charge is 0.497 e. The molecule has 1 aliphatic heterocycles. The first-order chi connectivity index (χ1) is 16.1. The van der Waals surface area contributed by atoms with Crippen LogP contribution < -0.4 is 31.4 Å². The van der Waals surface area contributed by atoms with E-state index in [4.69, 9.17) is 19.9 Å². The Morgan fingerprint density at radius 3 is 2.61 bits per heavy atom. The highest BCUT2D eigenvalue weighted by Crippen LogP contribution is 2.46. The van der Waals surface area contributed by atoms with E-state index >= 15 is 0 Å². The van der Waals surface area contributed by atoms with E-state index in [0.717, 1.165) is 33.7 Å². The van der Waals surface area contributed by atoms with E-state index in [1.165, 1.54) is 11.3 Å². The third-order valence-electron chi connectivity index (χ3n) is 5.26. The van der Waals surface area contributed by atoms with Gasteiger partial charge in [-0.1, -0.05) is 29.0 Å². The lowest BCUT2D eigenvalue weighted by atomic mass is 10.1. The number of benzene rings is 2. The number of para-hydroxylation sites is 2. The van der Waals surface area contributed by atoms with Crippen LogP contribution in [0.2, 0.25) is 0 Å². The third kappa shape index (κ3) is 3.96. The average Bonchev–Trinajstić information content (AvgIpc) is 3.56. The fourth-order valence-corrected chi connectivity index (χ4v) is 5.40. The Balaban J connectivity index is 1.78. The summed E-state index contributed by atoms with van der Waals surface area (Å²) in [6.07, 6.45) is 0. The Kier molecular flexibility index (Phi) is 6.00. The Morgan fingerprint density at radius 2 is 1.91 bits per heavy atom. The van der Waals surface area contributed by atoms with Crippen molar-refractivity contribution in [3.8, 4) is 16.1 Å². The molecule has 0 bridgehead atoms. The molecule has 33 heavy (non-hydrogen) atoms. The van der Waals surface area contributed by atoms with Crippen LogP contribution in [0.4, 0.5) is 17.2 Å². The zero-order valence-electron chi connectivity index (χ0n) is 18.2. The van der Waals surface area contributed by atoms with Gasteiger partial charge in [0.25, 0.3) is 5.19 Å². The number of hydrazine groups is 1. The summed E-state index contributed by atoms with van der Waals surface area (Å²) < 4.78 is 18.4. The summed E-state index contributed by atoms with van der Waals surface area (Å²) in [4.78, 5) is 0. The van der Waals surface area contributed by atoms with E-state index in [-0.39, 0.29) is 10.9 Å². The van der Waals surface area contributed by atoms with Gasteiger partial charge in [-0.05, 0) is 41.7 Å². The highest BCUT2D eigenvalue weighted by Gasteiger charge is 2.33. The molecule has 12 heteroatoms. The summed E-state index contributed by atoms with van der Waals surface area (Å²) in [6.45, 7) is 0. The molecular formula is C21H23N7O3S2. The molecule has 5 N–H and O–H groups in total. The minimum Gasteiger partial charge on any atom is -0.497 e. The van der Waals surface area contributed by atoms with Crippen LogP contribution in [0, 0.1) is 0 Å². The monoisotopic (exact) mass is 485 g/mol. The lowest BCUT2D eigenvalue weighted by Crippen LogP contribution is -2.31. The lowest BCUT2D eigenvalue weighted by Gasteiger charge is -2.16. The average molecular weight is 486 g/mol. The van der Waals surface area contributed by atoms with Gasteiger partial charge in [0, 0.05) is 18.1 Å².